The highest BCUT2D eigenvalue weighted by atomic mass is 79.9. The minimum absolute atomic E-state index is 0.0294. The van der Waals surface area contributed by atoms with E-state index in [2.05, 4.69) is 40.4 Å². The number of benzene rings is 1. The molecule has 1 amide bonds. The molecule has 1 rings (SSSR count). The number of hydrogen-bond donors (Lipinski definition) is 2. The molecule has 3 nitrogen and oxygen atoms in total. The molecule has 0 heterocycles. The molecule has 0 fully saturated rings. The van der Waals surface area contributed by atoms with E-state index in [1.165, 1.54) is 0 Å². The van der Waals surface area contributed by atoms with Crippen LogP contribution in [0.25, 0.3) is 0 Å². The largest absolute Gasteiger partial charge is 0.358 e. The van der Waals surface area contributed by atoms with Gasteiger partial charge in [0.05, 0.1) is 11.1 Å². The highest BCUT2D eigenvalue weighted by Gasteiger charge is 2.17. The van der Waals surface area contributed by atoms with Gasteiger partial charge in [0, 0.05) is 18.1 Å². The zero-order chi connectivity index (χ0) is 14.4. The third-order valence-corrected chi connectivity index (χ3v) is 4.02. The summed E-state index contributed by atoms with van der Waals surface area (Å²) in [6, 6.07) is 5.60. The summed E-state index contributed by atoms with van der Waals surface area (Å²) in [7, 11) is 1.66. The highest BCUT2D eigenvalue weighted by molar-refractivity contribution is 9.10. The van der Waals surface area contributed by atoms with Crippen molar-refractivity contribution in [2.45, 2.75) is 32.9 Å². The molecule has 1 atom stereocenters. The highest BCUT2D eigenvalue weighted by Crippen LogP contribution is 2.23. The van der Waals surface area contributed by atoms with Crippen LogP contribution in [0.4, 0.5) is 0 Å². The summed E-state index contributed by atoms with van der Waals surface area (Å²) in [5.41, 5.74) is 1.09. The molecule has 0 aromatic heterocycles. The van der Waals surface area contributed by atoms with E-state index in [4.69, 9.17) is 11.6 Å². The molecule has 0 spiro atoms. The van der Waals surface area contributed by atoms with Gasteiger partial charge in [0.2, 0.25) is 5.91 Å². The van der Waals surface area contributed by atoms with Crippen molar-refractivity contribution in [2.75, 3.05) is 7.05 Å². The van der Waals surface area contributed by atoms with Gasteiger partial charge >= 0.3 is 0 Å². The molecule has 0 bridgehead atoms. The van der Waals surface area contributed by atoms with Crippen LogP contribution in [-0.4, -0.2) is 19.0 Å². The van der Waals surface area contributed by atoms with Crippen molar-refractivity contribution in [3.8, 4) is 0 Å². The summed E-state index contributed by atoms with van der Waals surface area (Å²) >= 11 is 9.35. The summed E-state index contributed by atoms with van der Waals surface area (Å²) in [5.74, 6) is 0.494. The van der Waals surface area contributed by atoms with Gasteiger partial charge in [-0.15, -0.1) is 0 Å². The summed E-state index contributed by atoms with van der Waals surface area (Å²) in [5, 5.41) is 6.67. The Bertz CT molecular complexity index is 437. The molecule has 1 aromatic carbocycles. The lowest BCUT2D eigenvalue weighted by molar-refractivity contribution is -0.123. The number of halogens is 2. The molecule has 0 aliphatic carbocycles. The zero-order valence-corrected chi connectivity index (χ0v) is 13.8. The molecule has 106 valence electrons. The standard InChI is InChI=1S/C14H20BrClN2O/c1-9(2)6-13(14(19)17-3)18-8-10-4-5-12(16)11(15)7-10/h4-5,7,9,13,18H,6,8H2,1-3H3,(H,17,19). The van der Waals surface area contributed by atoms with Gasteiger partial charge in [-0.2, -0.15) is 0 Å². The zero-order valence-electron chi connectivity index (χ0n) is 11.5. The number of rotatable bonds is 6. The lowest BCUT2D eigenvalue weighted by Crippen LogP contribution is -2.43. The molecule has 0 radical (unpaired) electrons. The Morgan fingerprint density at radius 3 is 2.63 bits per heavy atom. The van der Waals surface area contributed by atoms with Crippen LogP contribution >= 0.6 is 27.5 Å². The van der Waals surface area contributed by atoms with Crippen LogP contribution in [0.1, 0.15) is 25.8 Å². The first-order valence-electron chi connectivity index (χ1n) is 6.33. The van der Waals surface area contributed by atoms with E-state index in [1.54, 1.807) is 7.05 Å². The minimum atomic E-state index is -0.167. The number of hydrogen-bond acceptors (Lipinski definition) is 2. The van der Waals surface area contributed by atoms with Crippen molar-refractivity contribution >= 4 is 33.4 Å². The normalized spacial score (nSPS) is 12.5. The molecule has 1 aromatic rings. The van der Waals surface area contributed by atoms with Gasteiger partial charge in [0.15, 0.2) is 0 Å². The Hall–Kier alpha value is -0.580. The van der Waals surface area contributed by atoms with Crippen molar-refractivity contribution in [2.24, 2.45) is 5.92 Å². The Labute approximate surface area is 128 Å². The fourth-order valence-electron chi connectivity index (χ4n) is 1.82. The number of carbonyl (C=O) groups excluding carboxylic acids is 1. The summed E-state index contributed by atoms with van der Waals surface area (Å²) < 4.78 is 0.869. The molecule has 5 heteroatoms. The Morgan fingerprint density at radius 2 is 2.11 bits per heavy atom. The van der Waals surface area contributed by atoms with Gasteiger partial charge in [-0.25, -0.2) is 0 Å². The Kier molecular flexibility index (Phi) is 6.83. The fraction of sp³-hybridized carbons (Fsp3) is 0.500. The second-order valence-corrected chi connectivity index (χ2v) is 6.19. The van der Waals surface area contributed by atoms with Gasteiger partial charge in [-0.05, 0) is 46.0 Å². The van der Waals surface area contributed by atoms with Crippen molar-refractivity contribution in [3.05, 3.63) is 33.3 Å². The van der Waals surface area contributed by atoms with Gasteiger partial charge in [0.25, 0.3) is 0 Å². The summed E-state index contributed by atoms with van der Waals surface area (Å²) in [4.78, 5) is 11.8. The monoisotopic (exact) mass is 346 g/mol. The van der Waals surface area contributed by atoms with E-state index in [0.29, 0.717) is 17.5 Å². The van der Waals surface area contributed by atoms with Gasteiger partial charge < -0.3 is 10.6 Å². The fourth-order valence-corrected chi connectivity index (χ4v) is 2.36. The molecule has 0 aliphatic rings. The maximum atomic E-state index is 11.8. The van der Waals surface area contributed by atoms with Crippen molar-refractivity contribution in [3.63, 3.8) is 0 Å². The quantitative estimate of drug-likeness (QED) is 0.828. The van der Waals surface area contributed by atoms with E-state index < -0.39 is 0 Å². The van der Waals surface area contributed by atoms with E-state index in [9.17, 15) is 4.79 Å². The number of carbonyl (C=O) groups is 1. The van der Waals surface area contributed by atoms with Crippen LogP contribution in [0.15, 0.2) is 22.7 Å². The number of amides is 1. The molecule has 0 aliphatic heterocycles. The number of nitrogens with one attached hydrogen (secondary N) is 2. The van der Waals surface area contributed by atoms with Crippen LogP contribution in [0.3, 0.4) is 0 Å². The molecule has 1 unspecified atom stereocenters. The first kappa shape index (κ1) is 16.5. The summed E-state index contributed by atoms with van der Waals surface area (Å²) in [6.07, 6.45) is 0.814. The van der Waals surface area contributed by atoms with E-state index in [1.807, 2.05) is 18.2 Å². The second kappa shape index (κ2) is 7.88. The van der Waals surface area contributed by atoms with Crippen LogP contribution in [0.5, 0.6) is 0 Å². The van der Waals surface area contributed by atoms with Crippen LogP contribution in [0, 0.1) is 5.92 Å². The average Bonchev–Trinajstić information content (AvgIpc) is 2.37. The first-order chi connectivity index (χ1) is 8.93. The lowest BCUT2D eigenvalue weighted by atomic mass is 10.0. The molecule has 2 N–H and O–H groups in total. The van der Waals surface area contributed by atoms with Crippen LogP contribution in [-0.2, 0) is 11.3 Å². The molecule has 19 heavy (non-hydrogen) atoms. The third kappa shape index (κ3) is 5.51. The minimum Gasteiger partial charge on any atom is -0.358 e. The predicted octanol–water partition coefficient (Wildman–Crippen LogP) is 3.35. The van der Waals surface area contributed by atoms with Gasteiger partial charge in [-0.3, -0.25) is 4.79 Å². The lowest BCUT2D eigenvalue weighted by Gasteiger charge is -2.19. The molecular weight excluding hydrogens is 328 g/mol. The maximum absolute atomic E-state index is 11.8. The second-order valence-electron chi connectivity index (χ2n) is 4.93. The van der Waals surface area contributed by atoms with Crippen LogP contribution < -0.4 is 10.6 Å². The smallest absolute Gasteiger partial charge is 0.236 e. The van der Waals surface area contributed by atoms with E-state index in [-0.39, 0.29) is 11.9 Å². The predicted molar refractivity (Wildman–Crippen MR) is 83.3 cm³/mol. The van der Waals surface area contributed by atoms with Crippen LogP contribution in [0.2, 0.25) is 5.02 Å². The first-order valence-corrected chi connectivity index (χ1v) is 7.50. The molecule has 0 saturated carbocycles. The van der Waals surface area contributed by atoms with Crippen molar-refractivity contribution in [1.29, 1.82) is 0 Å². The average molecular weight is 348 g/mol. The Morgan fingerprint density at radius 1 is 1.42 bits per heavy atom. The topological polar surface area (TPSA) is 41.1 Å². The SMILES string of the molecule is CNC(=O)C(CC(C)C)NCc1ccc(Cl)c(Br)c1. The van der Waals surface area contributed by atoms with E-state index in [0.717, 1.165) is 16.5 Å². The van der Waals surface area contributed by atoms with Crippen molar-refractivity contribution < 1.29 is 4.79 Å². The van der Waals surface area contributed by atoms with Crippen molar-refractivity contribution in [1.82, 2.24) is 10.6 Å². The molecule has 0 saturated heterocycles. The maximum Gasteiger partial charge on any atom is 0.236 e. The third-order valence-electron chi connectivity index (χ3n) is 2.81. The molecular formula is C14H20BrClN2O. The van der Waals surface area contributed by atoms with E-state index >= 15 is 0 Å². The summed E-state index contributed by atoms with van der Waals surface area (Å²) in [6.45, 7) is 4.85. The van der Waals surface area contributed by atoms with Gasteiger partial charge in [0.1, 0.15) is 0 Å². The Balaban J connectivity index is 2.64. The van der Waals surface area contributed by atoms with Gasteiger partial charge in [-0.1, -0.05) is 31.5 Å². The number of likely N-dealkylation sites (N-methyl/N-ethyl adjacent to an activating group) is 1.